The number of likely N-dealkylation sites (tertiary alicyclic amines) is 2. The van der Waals surface area contributed by atoms with Gasteiger partial charge < -0.3 is 39.9 Å². The minimum absolute atomic E-state index is 0.146. The number of hydrogen-bond donors (Lipinski definition) is 4. The monoisotopic (exact) mass is 1010 g/mol. The number of nitrogens with zero attached hydrogens (tertiary/aromatic N) is 4. The van der Waals surface area contributed by atoms with Crippen molar-refractivity contribution in [2.45, 2.75) is 126 Å². The molecule has 14 nitrogen and oxygen atoms in total. The number of para-hydroxylation sites is 2. The highest BCUT2D eigenvalue weighted by molar-refractivity contribution is 8.01. The van der Waals surface area contributed by atoms with Crippen LogP contribution in [0.25, 0.3) is 34.3 Å². The molecule has 384 valence electrons. The molecule has 4 aliphatic rings. The summed E-state index contributed by atoms with van der Waals surface area (Å²) in [5.74, 6) is 1.64. The predicted octanol–water partition coefficient (Wildman–Crippen LogP) is 11.8. The van der Waals surface area contributed by atoms with Gasteiger partial charge >= 0.3 is 12.2 Å². The number of hydrogen-bond acceptors (Lipinski definition) is 9. The number of ether oxygens (including phenoxy) is 2. The molecule has 2 saturated heterocycles. The second kappa shape index (κ2) is 21.8. The lowest BCUT2D eigenvalue weighted by atomic mass is 9.89. The lowest BCUT2D eigenvalue weighted by Gasteiger charge is -2.30. The molecule has 15 heteroatoms. The van der Waals surface area contributed by atoms with Crippen molar-refractivity contribution in [3.8, 4) is 22.6 Å². The van der Waals surface area contributed by atoms with E-state index in [2.05, 4.69) is 81.4 Å². The molecule has 1 aliphatic carbocycles. The van der Waals surface area contributed by atoms with Gasteiger partial charge in [-0.1, -0.05) is 108 Å². The molecule has 6 aromatic rings. The Balaban J connectivity index is 0.849. The summed E-state index contributed by atoms with van der Waals surface area (Å²) >= 11 is 2.07. The van der Waals surface area contributed by atoms with E-state index in [9.17, 15) is 19.2 Å². The van der Waals surface area contributed by atoms with Gasteiger partial charge in [-0.3, -0.25) is 9.59 Å². The molecule has 74 heavy (non-hydrogen) atoms. The summed E-state index contributed by atoms with van der Waals surface area (Å²) in [6.45, 7) is 12.9. The number of carbonyl (C=O) groups is 4. The van der Waals surface area contributed by atoms with Crippen LogP contribution in [0.1, 0.15) is 125 Å². The fourth-order valence-corrected chi connectivity index (χ4v) is 13.1. The summed E-state index contributed by atoms with van der Waals surface area (Å²) in [6, 6.07) is 26.7. The van der Waals surface area contributed by atoms with Crippen molar-refractivity contribution >= 4 is 58.9 Å². The Bertz CT molecular complexity index is 3070. The van der Waals surface area contributed by atoms with E-state index in [-0.39, 0.29) is 40.5 Å². The van der Waals surface area contributed by atoms with Gasteiger partial charge in [-0.2, -0.15) is 0 Å². The molecule has 5 heterocycles. The summed E-state index contributed by atoms with van der Waals surface area (Å²) in [4.78, 5) is 76.4. The van der Waals surface area contributed by atoms with Crippen LogP contribution < -0.4 is 20.1 Å². The summed E-state index contributed by atoms with van der Waals surface area (Å²) < 4.78 is 11.2. The highest BCUT2D eigenvalue weighted by Crippen LogP contribution is 2.57. The van der Waals surface area contributed by atoms with Crippen LogP contribution in [-0.2, 0) is 22.4 Å². The fraction of sp³-hybridized carbons (Fsp3) is 0.390. The van der Waals surface area contributed by atoms with E-state index in [0.717, 1.165) is 72.3 Å². The highest BCUT2D eigenvalue weighted by atomic mass is 32.2. The molecule has 1 saturated carbocycles. The topological polar surface area (TPSA) is 175 Å². The van der Waals surface area contributed by atoms with Crippen LogP contribution >= 0.6 is 11.8 Å². The Morgan fingerprint density at radius 2 is 1.34 bits per heavy atom. The maximum absolute atomic E-state index is 14.2. The van der Waals surface area contributed by atoms with Gasteiger partial charge in [0.2, 0.25) is 11.8 Å². The minimum Gasteiger partial charge on any atom is -0.410 e. The van der Waals surface area contributed by atoms with Crippen LogP contribution in [0.5, 0.6) is 11.5 Å². The standard InChI is InChI=1S/C59H66N8O6S/c1-6-44-45(61-53(60-44)48-24-16-32-66(48)55(68)50(36(2)3)64-57(70)72-40-19-9-7-10-20-40)23-15-18-38-26-28-42(43-35-59(74-52(38)43)30-13-14-31-59)39-27-29-46-47(34-39)63-54(62-46)49-25-17-33-67(49)56(69)51(37(4)5)65-58(71)73-41-21-11-8-12-22-41/h6-12,15,19-23,26-29,34,36-37,48-51H,1,13-14,16-18,24-25,30-33,35H2,2-5H3,(H,60,61)(H,62,63)(H,64,70)(H,65,71)/b23-15-/t48?,49?,50-,51-/m1/s1. The van der Waals surface area contributed by atoms with Gasteiger partial charge in [0.1, 0.15) is 35.2 Å². The lowest BCUT2D eigenvalue weighted by molar-refractivity contribution is -0.136. The number of allylic oxidation sites excluding steroid dienone is 1. The van der Waals surface area contributed by atoms with E-state index < -0.39 is 24.3 Å². The zero-order valence-corrected chi connectivity index (χ0v) is 43.5. The average molecular weight is 1020 g/mol. The fourth-order valence-electron chi connectivity index (χ4n) is 11.3. The summed E-state index contributed by atoms with van der Waals surface area (Å²) in [5.41, 5.74) is 8.38. The SMILES string of the molecule is C=Cc1nc(C2CCCN2C(=O)[C@H](NC(=O)Oc2ccccc2)C(C)C)[nH]c1/C=C\Cc1ccc(-c2ccc3nc(C4CCCN4C(=O)[C@H](NC(=O)Oc4ccccc4)C(C)C)[nH]c3c2)c2c1SC1(CCCC1)C2. The van der Waals surface area contributed by atoms with Gasteiger partial charge in [-0.15, -0.1) is 11.8 Å². The van der Waals surface area contributed by atoms with Crippen molar-refractivity contribution in [2.75, 3.05) is 13.1 Å². The zero-order chi connectivity index (χ0) is 51.5. The third-order valence-corrected chi connectivity index (χ3v) is 16.8. The number of aromatic amines is 2. The van der Waals surface area contributed by atoms with Crippen molar-refractivity contribution in [1.82, 2.24) is 40.4 Å². The molecule has 0 radical (unpaired) electrons. The molecule has 3 fully saturated rings. The smallest absolute Gasteiger partial charge is 0.410 e. The average Bonchev–Trinajstić information content (AvgIpc) is 4.27. The van der Waals surface area contributed by atoms with Crippen molar-refractivity contribution in [3.63, 3.8) is 0 Å². The molecule has 4 atom stereocenters. The van der Waals surface area contributed by atoms with Crippen molar-refractivity contribution in [2.24, 2.45) is 11.8 Å². The van der Waals surface area contributed by atoms with E-state index in [1.807, 2.05) is 49.6 Å². The normalized spacial score (nSPS) is 18.9. The Labute approximate surface area is 437 Å². The molecule has 4 N–H and O–H groups in total. The number of carbonyl (C=O) groups excluding carboxylic acids is 4. The molecule has 2 unspecified atom stereocenters. The first kappa shape index (κ1) is 50.4. The van der Waals surface area contributed by atoms with Gasteiger partial charge in [0, 0.05) is 22.7 Å². The molecule has 4 aromatic carbocycles. The molecule has 0 bridgehead atoms. The van der Waals surface area contributed by atoms with Gasteiger partial charge in [-0.25, -0.2) is 19.6 Å². The van der Waals surface area contributed by atoms with Crippen LogP contribution in [0.3, 0.4) is 0 Å². The number of thioether (sulfide) groups is 1. The van der Waals surface area contributed by atoms with Gasteiger partial charge in [-0.05, 0) is 134 Å². The predicted molar refractivity (Wildman–Crippen MR) is 290 cm³/mol. The first-order chi connectivity index (χ1) is 35.9. The molecule has 3 aliphatic heterocycles. The second-order valence-corrected chi connectivity index (χ2v) is 22.3. The Kier molecular flexibility index (Phi) is 14.8. The number of benzene rings is 4. The van der Waals surface area contributed by atoms with E-state index in [4.69, 9.17) is 19.4 Å². The molecule has 1 spiro atoms. The number of H-pyrrole nitrogens is 2. The van der Waals surface area contributed by atoms with Crippen molar-refractivity contribution in [3.05, 3.63) is 138 Å². The van der Waals surface area contributed by atoms with Gasteiger partial charge in [0.25, 0.3) is 0 Å². The van der Waals surface area contributed by atoms with Crippen molar-refractivity contribution in [1.29, 1.82) is 0 Å². The third-order valence-electron chi connectivity index (χ3n) is 15.1. The van der Waals surface area contributed by atoms with Gasteiger partial charge in [0.15, 0.2) is 0 Å². The lowest BCUT2D eigenvalue weighted by Crippen LogP contribution is -2.51. The van der Waals surface area contributed by atoms with E-state index in [0.29, 0.717) is 30.4 Å². The summed E-state index contributed by atoms with van der Waals surface area (Å²) in [7, 11) is 0. The first-order valence-corrected chi connectivity index (χ1v) is 27.1. The molecule has 2 aromatic heterocycles. The Morgan fingerprint density at radius 1 is 0.757 bits per heavy atom. The van der Waals surface area contributed by atoms with E-state index in [1.165, 1.54) is 47.3 Å². The quantitative estimate of drug-likeness (QED) is 0.0780. The van der Waals surface area contributed by atoms with Crippen molar-refractivity contribution < 1.29 is 28.7 Å². The number of nitrogens with one attached hydrogen (secondary N) is 4. The number of aromatic nitrogens is 4. The third kappa shape index (κ3) is 10.6. The van der Waals surface area contributed by atoms with E-state index in [1.54, 1.807) is 54.6 Å². The molecular formula is C59H66N8O6S. The number of rotatable bonds is 15. The van der Waals surface area contributed by atoms with Crippen LogP contribution in [0.4, 0.5) is 9.59 Å². The highest BCUT2D eigenvalue weighted by Gasteiger charge is 2.43. The Morgan fingerprint density at radius 3 is 1.91 bits per heavy atom. The van der Waals surface area contributed by atoms with Crippen LogP contribution in [-0.4, -0.2) is 83.7 Å². The second-order valence-electron chi connectivity index (χ2n) is 20.9. The summed E-state index contributed by atoms with van der Waals surface area (Å²) in [5, 5.41) is 5.67. The minimum atomic E-state index is -0.767. The largest absolute Gasteiger partial charge is 0.413 e. The zero-order valence-electron chi connectivity index (χ0n) is 42.7. The number of imidazole rings is 2. The number of amides is 4. The van der Waals surface area contributed by atoms with Gasteiger partial charge in [0.05, 0.1) is 34.5 Å². The maximum atomic E-state index is 14.2. The number of fused-ring (bicyclic) bond motifs is 2. The molecular weight excluding hydrogens is 949 g/mol. The molecule has 10 rings (SSSR count). The van der Waals surface area contributed by atoms with Crippen LogP contribution in [0.2, 0.25) is 0 Å². The summed E-state index contributed by atoms with van der Waals surface area (Å²) in [6.07, 6.45) is 14.5. The van der Waals surface area contributed by atoms with Crippen LogP contribution in [0, 0.1) is 11.8 Å². The Hall–Kier alpha value is -7.13. The maximum Gasteiger partial charge on any atom is 0.413 e. The molecule has 4 amide bonds. The van der Waals surface area contributed by atoms with Crippen LogP contribution in [0.15, 0.2) is 109 Å². The first-order valence-electron chi connectivity index (χ1n) is 26.3. The van der Waals surface area contributed by atoms with E-state index >= 15 is 0 Å².